The number of benzene rings is 1. The summed E-state index contributed by atoms with van der Waals surface area (Å²) in [5.41, 5.74) is 0.0973. The monoisotopic (exact) mass is 403 g/mol. The Kier molecular flexibility index (Phi) is 5.05. The van der Waals surface area contributed by atoms with E-state index in [4.69, 9.17) is 4.74 Å². The predicted octanol–water partition coefficient (Wildman–Crippen LogP) is -0.773. The summed E-state index contributed by atoms with van der Waals surface area (Å²) < 4.78 is 10.1. The molecule has 3 aliphatic rings. The third-order valence-electron chi connectivity index (χ3n) is 6.09. The van der Waals surface area contributed by atoms with Gasteiger partial charge in [-0.25, -0.2) is 0 Å². The van der Waals surface area contributed by atoms with E-state index in [0.29, 0.717) is 19.6 Å². The Hall–Kier alpha value is -2.49. The standard InChI is InChI=1S/C20H25N3O6/c1-28-16-6-4-3-5-13(16)8-21-11-20(12-21)19(27)22(10-17(25)29-2)18(26)15-7-14(24)9-23(15)20/h3-6,14-15,24H,7-12H2,1-2H3/t14-,15+/m1/s1. The molecule has 0 saturated carbocycles. The summed E-state index contributed by atoms with van der Waals surface area (Å²) in [4.78, 5) is 42.8. The van der Waals surface area contributed by atoms with Crippen molar-refractivity contribution in [1.82, 2.24) is 14.7 Å². The fourth-order valence-corrected chi connectivity index (χ4v) is 4.72. The van der Waals surface area contributed by atoms with Crippen molar-refractivity contribution >= 4 is 17.8 Å². The minimum Gasteiger partial charge on any atom is -0.496 e. The number of carbonyl (C=O) groups is 3. The van der Waals surface area contributed by atoms with Gasteiger partial charge < -0.3 is 14.6 Å². The largest absolute Gasteiger partial charge is 0.496 e. The zero-order valence-corrected chi connectivity index (χ0v) is 16.5. The Bertz CT molecular complexity index is 837. The number of hydrogen-bond donors (Lipinski definition) is 1. The van der Waals surface area contributed by atoms with E-state index in [9.17, 15) is 19.5 Å². The van der Waals surface area contributed by atoms with Crippen molar-refractivity contribution < 1.29 is 29.0 Å². The lowest BCUT2D eigenvalue weighted by atomic mass is 9.82. The van der Waals surface area contributed by atoms with E-state index >= 15 is 0 Å². The highest BCUT2D eigenvalue weighted by atomic mass is 16.5. The van der Waals surface area contributed by atoms with Crippen molar-refractivity contribution in [2.24, 2.45) is 0 Å². The highest BCUT2D eigenvalue weighted by Gasteiger charge is 2.64. The molecular formula is C20H25N3O6. The molecule has 1 N–H and O–H groups in total. The van der Waals surface area contributed by atoms with Crippen molar-refractivity contribution in [3.63, 3.8) is 0 Å². The first-order valence-corrected chi connectivity index (χ1v) is 9.61. The fourth-order valence-electron chi connectivity index (χ4n) is 4.72. The second-order valence-corrected chi connectivity index (χ2v) is 7.85. The maximum Gasteiger partial charge on any atom is 0.325 e. The zero-order valence-electron chi connectivity index (χ0n) is 16.5. The van der Waals surface area contributed by atoms with Crippen LogP contribution in [0, 0.1) is 0 Å². The van der Waals surface area contributed by atoms with Crippen LogP contribution in [-0.2, 0) is 25.7 Å². The van der Waals surface area contributed by atoms with Crippen LogP contribution < -0.4 is 4.74 Å². The van der Waals surface area contributed by atoms with Crippen LogP contribution in [0.4, 0.5) is 0 Å². The number of ether oxygens (including phenoxy) is 2. The van der Waals surface area contributed by atoms with E-state index in [1.165, 1.54) is 7.11 Å². The van der Waals surface area contributed by atoms with Gasteiger partial charge in [-0.2, -0.15) is 0 Å². The van der Waals surface area contributed by atoms with Crippen molar-refractivity contribution in [2.75, 3.05) is 40.4 Å². The van der Waals surface area contributed by atoms with Gasteiger partial charge in [0.15, 0.2) is 0 Å². The molecule has 0 unspecified atom stereocenters. The Morgan fingerprint density at radius 2 is 1.97 bits per heavy atom. The smallest absolute Gasteiger partial charge is 0.325 e. The quantitative estimate of drug-likeness (QED) is 0.505. The highest BCUT2D eigenvalue weighted by molar-refractivity contribution is 6.07. The van der Waals surface area contributed by atoms with Crippen molar-refractivity contribution in [1.29, 1.82) is 0 Å². The molecule has 1 aromatic rings. The first-order chi connectivity index (χ1) is 13.9. The second kappa shape index (κ2) is 7.40. The molecule has 4 rings (SSSR count). The number of β-amino-alcohol motifs (C(OH)–C–C–N with tert-alkyl or cyclic N) is 1. The summed E-state index contributed by atoms with van der Waals surface area (Å²) >= 11 is 0. The van der Waals surface area contributed by atoms with Gasteiger partial charge in [-0.15, -0.1) is 0 Å². The SMILES string of the molecule is COC(=O)CN1C(=O)[C@@H]2C[C@@H](O)CN2C2(CN(Cc3ccccc3OC)C2)C1=O. The van der Waals surface area contributed by atoms with Gasteiger partial charge in [-0.1, -0.05) is 18.2 Å². The third kappa shape index (κ3) is 3.19. The lowest BCUT2D eigenvalue weighted by Crippen LogP contribution is -2.81. The number of imide groups is 1. The molecule has 0 aromatic heterocycles. The Morgan fingerprint density at radius 3 is 2.66 bits per heavy atom. The topological polar surface area (TPSA) is 99.6 Å². The van der Waals surface area contributed by atoms with Crippen LogP contribution in [0.25, 0.3) is 0 Å². The summed E-state index contributed by atoms with van der Waals surface area (Å²) in [7, 11) is 2.84. The van der Waals surface area contributed by atoms with Gasteiger partial charge in [0.2, 0.25) is 5.91 Å². The Balaban J connectivity index is 1.56. The van der Waals surface area contributed by atoms with E-state index in [2.05, 4.69) is 9.64 Å². The molecule has 1 aromatic carbocycles. The Morgan fingerprint density at radius 1 is 1.24 bits per heavy atom. The number of rotatable bonds is 5. The number of para-hydroxylation sites is 1. The molecule has 9 heteroatoms. The van der Waals surface area contributed by atoms with E-state index in [1.807, 2.05) is 29.2 Å². The molecule has 1 spiro atoms. The number of aliphatic hydroxyl groups is 1. The summed E-state index contributed by atoms with van der Waals surface area (Å²) in [6, 6.07) is 7.10. The number of amides is 2. The molecular weight excluding hydrogens is 378 g/mol. The minimum absolute atomic E-state index is 0.262. The number of nitrogens with zero attached hydrogens (tertiary/aromatic N) is 3. The number of hydrogen-bond acceptors (Lipinski definition) is 8. The van der Waals surface area contributed by atoms with Crippen molar-refractivity contribution in [2.45, 2.75) is 30.7 Å². The minimum atomic E-state index is -0.911. The lowest BCUT2D eigenvalue weighted by molar-refractivity contribution is -0.183. The molecule has 0 bridgehead atoms. The van der Waals surface area contributed by atoms with Crippen LogP contribution in [0.15, 0.2) is 24.3 Å². The molecule has 0 radical (unpaired) electrons. The van der Waals surface area contributed by atoms with Gasteiger partial charge in [0.05, 0.1) is 26.4 Å². The van der Waals surface area contributed by atoms with Gasteiger partial charge in [-0.3, -0.25) is 29.1 Å². The number of fused-ring (bicyclic) bond motifs is 2. The highest BCUT2D eigenvalue weighted by Crippen LogP contribution is 2.41. The average Bonchev–Trinajstić information content (AvgIpc) is 3.09. The van der Waals surface area contributed by atoms with Gasteiger partial charge >= 0.3 is 5.97 Å². The Labute approximate surface area is 168 Å². The number of carbonyl (C=O) groups excluding carboxylic acids is 3. The normalized spacial score (nSPS) is 26.4. The molecule has 156 valence electrons. The lowest BCUT2D eigenvalue weighted by Gasteiger charge is -2.58. The van der Waals surface area contributed by atoms with Crippen LogP contribution in [0.1, 0.15) is 12.0 Å². The second-order valence-electron chi connectivity index (χ2n) is 7.85. The summed E-state index contributed by atoms with van der Waals surface area (Å²) in [5, 5.41) is 10.2. The molecule has 2 atom stereocenters. The fraction of sp³-hybridized carbons (Fsp3) is 0.550. The van der Waals surface area contributed by atoms with Gasteiger partial charge in [0.25, 0.3) is 5.91 Å². The predicted molar refractivity (Wildman–Crippen MR) is 101 cm³/mol. The van der Waals surface area contributed by atoms with Crippen molar-refractivity contribution in [3.8, 4) is 5.75 Å². The van der Waals surface area contributed by atoms with Crippen LogP contribution >= 0.6 is 0 Å². The van der Waals surface area contributed by atoms with Gasteiger partial charge in [0, 0.05) is 31.7 Å². The summed E-state index contributed by atoms with van der Waals surface area (Å²) in [6.07, 6.45) is -0.409. The first-order valence-electron chi connectivity index (χ1n) is 9.61. The molecule has 3 aliphatic heterocycles. The summed E-state index contributed by atoms with van der Waals surface area (Å²) in [6.45, 7) is 1.31. The van der Waals surface area contributed by atoms with E-state index < -0.39 is 42.0 Å². The summed E-state index contributed by atoms with van der Waals surface area (Å²) in [5.74, 6) is -0.695. The molecule has 3 saturated heterocycles. The van der Waals surface area contributed by atoms with E-state index in [-0.39, 0.29) is 13.0 Å². The van der Waals surface area contributed by atoms with Crippen LogP contribution in [-0.4, -0.2) is 95.7 Å². The van der Waals surface area contributed by atoms with Crippen LogP contribution in [0.3, 0.4) is 0 Å². The maximum atomic E-state index is 13.3. The molecule has 29 heavy (non-hydrogen) atoms. The molecule has 3 heterocycles. The van der Waals surface area contributed by atoms with Crippen LogP contribution in [0.5, 0.6) is 5.75 Å². The number of likely N-dealkylation sites (tertiary alicyclic amines) is 1. The first kappa shape index (κ1) is 19.8. The third-order valence-corrected chi connectivity index (χ3v) is 6.09. The van der Waals surface area contributed by atoms with Gasteiger partial charge in [-0.05, 0) is 12.5 Å². The van der Waals surface area contributed by atoms with Crippen LogP contribution in [0.2, 0.25) is 0 Å². The average molecular weight is 403 g/mol. The number of esters is 1. The zero-order chi connectivity index (χ0) is 20.8. The van der Waals surface area contributed by atoms with E-state index in [1.54, 1.807) is 7.11 Å². The molecule has 3 fully saturated rings. The van der Waals surface area contributed by atoms with Crippen molar-refractivity contribution in [3.05, 3.63) is 29.8 Å². The molecule has 9 nitrogen and oxygen atoms in total. The molecule has 2 amide bonds. The maximum absolute atomic E-state index is 13.3. The molecule has 0 aliphatic carbocycles. The number of piperazine rings is 1. The number of aliphatic hydroxyl groups excluding tert-OH is 1. The number of methoxy groups -OCH3 is 2. The van der Waals surface area contributed by atoms with Gasteiger partial charge in [0.1, 0.15) is 17.8 Å². The van der Waals surface area contributed by atoms with E-state index in [0.717, 1.165) is 16.2 Å².